The number of amides is 3. The SMILES string of the molecule is Cc1ccc(-c2cnc(C(C(C)C)N3C(=O)CNC3=O)[nH]2)c(F)c1. The molecular weight excluding hydrogens is 311 g/mol. The van der Waals surface area contributed by atoms with Gasteiger partial charge in [0.25, 0.3) is 5.91 Å². The monoisotopic (exact) mass is 330 g/mol. The van der Waals surface area contributed by atoms with Crippen LogP contribution in [0.2, 0.25) is 0 Å². The summed E-state index contributed by atoms with van der Waals surface area (Å²) in [4.78, 5) is 32.5. The zero-order valence-corrected chi connectivity index (χ0v) is 13.8. The number of rotatable bonds is 4. The second-order valence-corrected chi connectivity index (χ2v) is 6.28. The zero-order valence-electron chi connectivity index (χ0n) is 13.8. The first-order chi connectivity index (χ1) is 11.4. The van der Waals surface area contributed by atoms with E-state index in [0.717, 1.165) is 5.56 Å². The Balaban J connectivity index is 1.98. The van der Waals surface area contributed by atoms with Gasteiger partial charge in [0.1, 0.15) is 17.7 Å². The van der Waals surface area contributed by atoms with Gasteiger partial charge in [0.05, 0.1) is 18.4 Å². The van der Waals surface area contributed by atoms with E-state index in [0.29, 0.717) is 17.1 Å². The van der Waals surface area contributed by atoms with Crippen molar-refractivity contribution in [3.63, 3.8) is 0 Å². The lowest BCUT2D eigenvalue weighted by Crippen LogP contribution is -2.38. The van der Waals surface area contributed by atoms with Crippen LogP contribution in [0.3, 0.4) is 0 Å². The minimum absolute atomic E-state index is 0.0117. The van der Waals surface area contributed by atoms with Crippen LogP contribution in [-0.2, 0) is 4.79 Å². The zero-order chi connectivity index (χ0) is 17.4. The van der Waals surface area contributed by atoms with Crippen LogP contribution >= 0.6 is 0 Å². The van der Waals surface area contributed by atoms with Crippen molar-refractivity contribution in [1.29, 1.82) is 0 Å². The molecule has 1 fully saturated rings. The Kier molecular flexibility index (Phi) is 4.09. The Morgan fingerprint density at radius 1 is 1.29 bits per heavy atom. The molecule has 1 saturated heterocycles. The molecule has 0 bridgehead atoms. The smallest absolute Gasteiger partial charge is 0.325 e. The maximum Gasteiger partial charge on any atom is 0.325 e. The topological polar surface area (TPSA) is 78.1 Å². The number of carbonyl (C=O) groups is 2. The first-order valence-corrected chi connectivity index (χ1v) is 7.79. The largest absolute Gasteiger partial charge is 0.340 e. The van der Waals surface area contributed by atoms with Gasteiger partial charge in [-0.15, -0.1) is 0 Å². The molecule has 126 valence electrons. The van der Waals surface area contributed by atoms with Crippen molar-refractivity contribution in [2.24, 2.45) is 5.92 Å². The predicted molar refractivity (Wildman–Crippen MR) is 86.5 cm³/mol. The second kappa shape index (κ2) is 6.07. The van der Waals surface area contributed by atoms with Crippen molar-refractivity contribution in [1.82, 2.24) is 20.2 Å². The first kappa shape index (κ1) is 16.2. The third-order valence-electron chi connectivity index (χ3n) is 4.08. The van der Waals surface area contributed by atoms with E-state index in [2.05, 4.69) is 15.3 Å². The number of nitrogens with one attached hydrogen (secondary N) is 2. The highest BCUT2D eigenvalue weighted by atomic mass is 19.1. The van der Waals surface area contributed by atoms with Gasteiger partial charge >= 0.3 is 6.03 Å². The van der Waals surface area contributed by atoms with Gasteiger partial charge in [-0.25, -0.2) is 14.2 Å². The minimum Gasteiger partial charge on any atom is -0.340 e. The summed E-state index contributed by atoms with van der Waals surface area (Å²) in [5.74, 6) is -0.218. The molecule has 1 aliphatic heterocycles. The van der Waals surface area contributed by atoms with Gasteiger partial charge in [-0.1, -0.05) is 19.9 Å². The predicted octanol–water partition coefficient (Wildman–Crippen LogP) is 2.77. The minimum atomic E-state index is -0.526. The molecule has 1 aromatic heterocycles. The van der Waals surface area contributed by atoms with Crippen LogP contribution in [0.5, 0.6) is 0 Å². The van der Waals surface area contributed by atoms with E-state index < -0.39 is 12.1 Å². The fourth-order valence-electron chi connectivity index (χ4n) is 2.91. The van der Waals surface area contributed by atoms with Gasteiger partial charge in [-0.2, -0.15) is 0 Å². The summed E-state index contributed by atoms with van der Waals surface area (Å²) in [5.41, 5.74) is 1.75. The number of aryl methyl sites for hydroxylation is 1. The number of nitrogens with zero attached hydrogens (tertiary/aromatic N) is 2. The fraction of sp³-hybridized carbons (Fsp3) is 0.353. The van der Waals surface area contributed by atoms with Crippen molar-refractivity contribution in [3.05, 3.63) is 41.6 Å². The molecule has 2 N–H and O–H groups in total. The molecule has 24 heavy (non-hydrogen) atoms. The summed E-state index contributed by atoms with van der Waals surface area (Å²) in [6, 6.07) is 3.99. The van der Waals surface area contributed by atoms with Crippen LogP contribution in [0.1, 0.15) is 31.3 Å². The number of urea groups is 1. The normalized spacial score (nSPS) is 16.0. The number of aromatic nitrogens is 2. The fourth-order valence-corrected chi connectivity index (χ4v) is 2.91. The van der Waals surface area contributed by atoms with E-state index in [1.165, 1.54) is 17.2 Å². The van der Waals surface area contributed by atoms with E-state index in [4.69, 9.17) is 0 Å². The van der Waals surface area contributed by atoms with Gasteiger partial charge in [0, 0.05) is 5.56 Å². The number of hydrogen-bond acceptors (Lipinski definition) is 3. The van der Waals surface area contributed by atoms with Gasteiger partial charge in [0.15, 0.2) is 0 Å². The summed E-state index contributed by atoms with van der Waals surface area (Å²) >= 11 is 0. The summed E-state index contributed by atoms with van der Waals surface area (Å²) in [6.07, 6.45) is 1.52. The van der Waals surface area contributed by atoms with Crippen molar-refractivity contribution in [3.8, 4) is 11.3 Å². The molecule has 0 saturated carbocycles. The number of hydrogen-bond donors (Lipinski definition) is 2. The summed E-state index contributed by atoms with van der Waals surface area (Å²) in [7, 11) is 0. The number of halogens is 1. The summed E-state index contributed by atoms with van der Waals surface area (Å²) in [5, 5.41) is 2.51. The lowest BCUT2D eigenvalue weighted by Gasteiger charge is -2.26. The molecule has 3 amide bonds. The number of imidazole rings is 1. The van der Waals surface area contributed by atoms with Crippen LogP contribution in [0.25, 0.3) is 11.3 Å². The molecule has 0 spiro atoms. The van der Waals surface area contributed by atoms with Gasteiger partial charge < -0.3 is 10.3 Å². The quantitative estimate of drug-likeness (QED) is 0.846. The molecule has 7 heteroatoms. The molecule has 2 aromatic rings. The highest BCUT2D eigenvalue weighted by molar-refractivity contribution is 6.02. The number of imide groups is 1. The van der Waals surface area contributed by atoms with Crippen molar-refractivity contribution >= 4 is 11.9 Å². The first-order valence-electron chi connectivity index (χ1n) is 7.79. The van der Waals surface area contributed by atoms with Crippen LogP contribution in [0.15, 0.2) is 24.4 Å². The van der Waals surface area contributed by atoms with Crippen molar-refractivity contribution < 1.29 is 14.0 Å². The number of H-pyrrole nitrogens is 1. The van der Waals surface area contributed by atoms with Gasteiger partial charge in [-0.3, -0.25) is 9.69 Å². The van der Waals surface area contributed by atoms with Crippen LogP contribution in [0, 0.1) is 18.7 Å². The van der Waals surface area contributed by atoms with Gasteiger partial charge in [-0.05, 0) is 30.5 Å². The number of benzene rings is 1. The molecule has 2 heterocycles. The van der Waals surface area contributed by atoms with E-state index in [9.17, 15) is 14.0 Å². The Morgan fingerprint density at radius 3 is 2.62 bits per heavy atom. The Hall–Kier alpha value is -2.70. The molecule has 1 aromatic carbocycles. The molecule has 6 nitrogen and oxygen atoms in total. The lowest BCUT2D eigenvalue weighted by molar-refractivity contribution is -0.127. The molecule has 0 aliphatic carbocycles. The molecule has 1 unspecified atom stereocenters. The van der Waals surface area contributed by atoms with E-state index in [1.54, 1.807) is 6.07 Å². The van der Waals surface area contributed by atoms with Gasteiger partial charge in [0.2, 0.25) is 0 Å². The van der Waals surface area contributed by atoms with Crippen LogP contribution in [0.4, 0.5) is 9.18 Å². The van der Waals surface area contributed by atoms with Crippen LogP contribution < -0.4 is 5.32 Å². The highest BCUT2D eigenvalue weighted by Crippen LogP contribution is 2.30. The molecule has 3 rings (SSSR count). The molecule has 1 aliphatic rings. The van der Waals surface area contributed by atoms with E-state index in [-0.39, 0.29) is 24.2 Å². The van der Waals surface area contributed by atoms with Crippen molar-refractivity contribution in [2.45, 2.75) is 26.8 Å². The van der Waals surface area contributed by atoms with E-state index >= 15 is 0 Å². The lowest BCUT2D eigenvalue weighted by atomic mass is 10.0. The average molecular weight is 330 g/mol. The maximum absolute atomic E-state index is 14.2. The average Bonchev–Trinajstić information content (AvgIpc) is 3.09. The number of aromatic amines is 1. The summed E-state index contributed by atoms with van der Waals surface area (Å²) < 4.78 is 14.2. The molecule has 1 atom stereocenters. The molecule has 0 radical (unpaired) electrons. The van der Waals surface area contributed by atoms with Crippen molar-refractivity contribution in [2.75, 3.05) is 6.54 Å². The second-order valence-electron chi connectivity index (χ2n) is 6.28. The summed E-state index contributed by atoms with van der Waals surface area (Å²) in [6.45, 7) is 5.61. The third-order valence-corrected chi connectivity index (χ3v) is 4.08. The standard InChI is InChI=1S/C17H19FN4O2/c1-9(2)15(22-14(23)8-20-17(22)24)16-19-7-13(21-16)11-5-4-10(3)6-12(11)18/h4-7,9,15H,8H2,1-3H3,(H,19,21)(H,20,24). The highest BCUT2D eigenvalue weighted by Gasteiger charge is 2.38. The van der Waals surface area contributed by atoms with E-state index in [1.807, 2.05) is 26.8 Å². The Bertz CT molecular complexity index is 784. The maximum atomic E-state index is 14.2. The van der Waals surface area contributed by atoms with Crippen LogP contribution in [-0.4, -0.2) is 33.4 Å². The molecular formula is C17H19FN4O2. The Morgan fingerprint density at radius 2 is 2.04 bits per heavy atom. The Labute approximate surface area is 139 Å². The third kappa shape index (κ3) is 2.77. The number of carbonyl (C=O) groups excluding carboxylic acids is 2.